The Labute approximate surface area is 180 Å². The summed E-state index contributed by atoms with van der Waals surface area (Å²) in [6.07, 6.45) is 1.33. The number of phenols is 1. The Hall–Kier alpha value is -2.80. The Balaban J connectivity index is 1.81. The van der Waals surface area contributed by atoms with Crippen molar-refractivity contribution in [3.63, 3.8) is 0 Å². The standard InChI is InChI=1S/C20H11Cl3N2O4/c1-9-16(17(25-29-9)12-4-2-3-5-13(12)22)19-24-15(20(27)28-19)7-10-6-11(21)8-14(23)18(10)26/h2-8,26H,1H3. The van der Waals surface area contributed by atoms with Gasteiger partial charge in [-0.1, -0.05) is 58.2 Å². The molecule has 4 rings (SSSR count). The van der Waals surface area contributed by atoms with Crippen LogP contribution in [0.15, 0.2) is 51.6 Å². The van der Waals surface area contributed by atoms with Crippen molar-refractivity contribution in [1.29, 1.82) is 0 Å². The molecule has 0 unspecified atom stereocenters. The number of aromatic hydroxyl groups is 1. The van der Waals surface area contributed by atoms with E-state index < -0.39 is 5.97 Å². The van der Waals surface area contributed by atoms with E-state index in [-0.39, 0.29) is 27.9 Å². The fraction of sp³-hybridized carbons (Fsp3) is 0.0500. The first-order valence-electron chi connectivity index (χ1n) is 8.27. The van der Waals surface area contributed by atoms with E-state index in [9.17, 15) is 9.90 Å². The summed E-state index contributed by atoms with van der Waals surface area (Å²) in [6.45, 7) is 1.67. The highest BCUT2D eigenvalue weighted by Gasteiger charge is 2.31. The smallest absolute Gasteiger partial charge is 0.363 e. The van der Waals surface area contributed by atoms with Crippen LogP contribution in [0, 0.1) is 6.92 Å². The molecule has 6 nitrogen and oxygen atoms in total. The molecule has 0 saturated carbocycles. The molecule has 0 spiro atoms. The van der Waals surface area contributed by atoms with Gasteiger partial charge in [-0.2, -0.15) is 0 Å². The third-order valence-electron chi connectivity index (χ3n) is 4.18. The normalized spacial score (nSPS) is 15.0. The number of hydrogen-bond acceptors (Lipinski definition) is 6. The molecular formula is C20H11Cl3N2O4. The summed E-state index contributed by atoms with van der Waals surface area (Å²) < 4.78 is 10.6. The number of rotatable bonds is 3. The summed E-state index contributed by atoms with van der Waals surface area (Å²) in [5.74, 6) is -0.511. The van der Waals surface area contributed by atoms with E-state index >= 15 is 0 Å². The maximum atomic E-state index is 12.4. The molecule has 1 aliphatic heterocycles. The molecule has 9 heteroatoms. The Bertz CT molecular complexity index is 1210. The van der Waals surface area contributed by atoms with E-state index in [4.69, 9.17) is 44.1 Å². The second-order valence-electron chi connectivity index (χ2n) is 6.10. The second kappa shape index (κ2) is 7.55. The highest BCUT2D eigenvalue weighted by molar-refractivity contribution is 6.36. The van der Waals surface area contributed by atoms with Crippen LogP contribution in [0.4, 0.5) is 0 Å². The first-order chi connectivity index (χ1) is 13.8. The Kier molecular flexibility index (Phi) is 5.08. The predicted molar refractivity (Wildman–Crippen MR) is 110 cm³/mol. The van der Waals surface area contributed by atoms with Gasteiger partial charge < -0.3 is 14.4 Å². The molecule has 0 saturated heterocycles. The SMILES string of the molecule is Cc1onc(-c2ccccc2Cl)c1C1=NC(=Cc2cc(Cl)cc(Cl)c2O)C(=O)O1. The quantitative estimate of drug-likeness (QED) is 0.412. The minimum Gasteiger partial charge on any atom is -0.506 e. The number of aryl methyl sites for hydroxylation is 1. The zero-order valence-corrected chi connectivity index (χ0v) is 17.0. The van der Waals surface area contributed by atoms with Crippen molar-refractivity contribution < 1.29 is 19.2 Å². The summed E-state index contributed by atoms with van der Waals surface area (Å²) in [5, 5.41) is 15.0. The van der Waals surface area contributed by atoms with Crippen molar-refractivity contribution in [3.05, 3.63) is 74.1 Å². The lowest BCUT2D eigenvalue weighted by atomic mass is 10.1. The van der Waals surface area contributed by atoms with Gasteiger partial charge in [-0.3, -0.25) is 0 Å². The van der Waals surface area contributed by atoms with Crippen LogP contribution in [0.3, 0.4) is 0 Å². The lowest BCUT2D eigenvalue weighted by Gasteiger charge is -2.03. The van der Waals surface area contributed by atoms with E-state index in [0.717, 1.165) is 0 Å². The van der Waals surface area contributed by atoms with Crippen molar-refractivity contribution >= 4 is 52.7 Å². The first-order valence-corrected chi connectivity index (χ1v) is 9.40. The summed E-state index contributed by atoms with van der Waals surface area (Å²) in [6, 6.07) is 9.91. The molecule has 146 valence electrons. The zero-order chi connectivity index (χ0) is 20.7. The van der Waals surface area contributed by atoms with Crippen LogP contribution in [-0.2, 0) is 9.53 Å². The average Bonchev–Trinajstić information content (AvgIpc) is 3.22. The molecular weight excluding hydrogens is 439 g/mol. The monoisotopic (exact) mass is 448 g/mol. The number of carbonyl (C=O) groups is 1. The number of nitrogens with zero attached hydrogens (tertiary/aromatic N) is 2. The number of benzene rings is 2. The van der Waals surface area contributed by atoms with Gasteiger partial charge in [0.25, 0.3) is 0 Å². The van der Waals surface area contributed by atoms with Crippen molar-refractivity contribution in [3.8, 4) is 17.0 Å². The number of carbonyl (C=O) groups excluding carboxylic acids is 1. The topological polar surface area (TPSA) is 84.9 Å². The highest BCUT2D eigenvalue weighted by atomic mass is 35.5. The third-order valence-corrected chi connectivity index (χ3v) is 5.01. The highest BCUT2D eigenvalue weighted by Crippen LogP contribution is 2.35. The molecule has 0 fully saturated rings. The van der Waals surface area contributed by atoms with Crippen molar-refractivity contribution in [2.45, 2.75) is 6.92 Å². The van der Waals surface area contributed by atoms with Gasteiger partial charge in [0.05, 0.1) is 10.0 Å². The van der Waals surface area contributed by atoms with E-state index in [0.29, 0.717) is 32.6 Å². The first kappa shape index (κ1) is 19.5. The predicted octanol–water partition coefficient (Wildman–Crippen LogP) is 5.66. The second-order valence-corrected chi connectivity index (χ2v) is 7.35. The van der Waals surface area contributed by atoms with Gasteiger partial charge in [0.2, 0.25) is 5.90 Å². The Morgan fingerprint density at radius 1 is 1.10 bits per heavy atom. The summed E-state index contributed by atoms with van der Waals surface area (Å²) in [4.78, 5) is 16.6. The van der Waals surface area contributed by atoms with Gasteiger partial charge in [-0.25, -0.2) is 9.79 Å². The van der Waals surface area contributed by atoms with E-state index in [1.54, 1.807) is 31.2 Å². The Morgan fingerprint density at radius 2 is 1.86 bits per heavy atom. The fourth-order valence-corrected chi connectivity index (χ4v) is 3.55. The molecule has 0 bridgehead atoms. The van der Waals surface area contributed by atoms with Gasteiger partial charge in [-0.05, 0) is 31.2 Å². The summed E-state index contributed by atoms with van der Waals surface area (Å²) in [5.41, 5.74) is 1.60. The lowest BCUT2D eigenvalue weighted by Crippen LogP contribution is -2.07. The fourth-order valence-electron chi connectivity index (χ4n) is 2.82. The lowest BCUT2D eigenvalue weighted by molar-refractivity contribution is -0.129. The molecule has 0 atom stereocenters. The number of ether oxygens (including phenoxy) is 1. The van der Waals surface area contributed by atoms with Gasteiger partial charge in [0.1, 0.15) is 22.8 Å². The molecule has 0 radical (unpaired) electrons. The molecule has 3 aromatic rings. The molecule has 1 aliphatic rings. The molecule has 1 aromatic heterocycles. The zero-order valence-electron chi connectivity index (χ0n) is 14.7. The number of hydrogen-bond donors (Lipinski definition) is 1. The minimum absolute atomic E-state index is 0.0162. The van der Waals surface area contributed by atoms with Gasteiger partial charge >= 0.3 is 5.97 Å². The van der Waals surface area contributed by atoms with Crippen LogP contribution in [0.25, 0.3) is 17.3 Å². The van der Waals surface area contributed by atoms with Crippen LogP contribution < -0.4 is 0 Å². The van der Waals surface area contributed by atoms with Gasteiger partial charge in [0.15, 0.2) is 5.70 Å². The number of esters is 1. The van der Waals surface area contributed by atoms with Crippen molar-refractivity contribution in [2.75, 3.05) is 0 Å². The van der Waals surface area contributed by atoms with Crippen LogP contribution in [0.2, 0.25) is 15.1 Å². The van der Waals surface area contributed by atoms with Crippen LogP contribution in [0.5, 0.6) is 5.75 Å². The summed E-state index contributed by atoms with van der Waals surface area (Å²) >= 11 is 18.2. The molecule has 2 aromatic carbocycles. The maximum absolute atomic E-state index is 12.4. The van der Waals surface area contributed by atoms with Crippen LogP contribution in [-0.4, -0.2) is 22.1 Å². The third kappa shape index (κ3) is 3.62. The number of aliphatic imine (C=N–C) groups is 1. The van der Waals surface area contributed by atoms with E-state index in [1.165, 1.54) is 18.2 Å². The minimum atomic E-state index is -0.707. The van der Waals surface area contributed by atoms with Crippen LogP contribution >= 0.6 is 34.8 Å². The van der Waals surface area contributed by atoms with E-state index in [1.807, 2.05) is 0 Å². The molecule has 0 aliphatic carbocycles. The molecule has 1 N–H and O–H groups in total. The molecule has 2 heterocycles. The Morgan fingerprint density at radius 3 is 2.62 bits per heavy atom. The largest absolute Gasteiger partial charge is 0.506 e. The number of aromatic nitrogens is 1. The van der Waals surface area contributed by atoms with Crippen LogP contribution in [0.1, 0.15) is 16.9 Å². The number of phenolic OH excluding ortho intramolecular Hbond substituents is 1. The van der Waals surface area contributed by atoms with Gasteiger partial charge in [-0.15, -0.1) is 0 Å². The van der Waals surface area contributed by atoms with E-state index in [2.05, 4.69) is 10.1 Å². The number of cyclic esters (lactones) is 1. The number of halogens is 3. The maximum Gasteiger partial charge on any atom is 0.363 e. The van der Waals surface area contributed by atoms with Crippen molar-refractivity contribution in [1.82, 2.24) is 5.16 Å². The summed E-state index contributed by atoms with van der Waals surface area (Å²) in [7, 11) is 0. The molecule has 29 heavy (non-hydrogen) atoms. The van der Waals surface area contributed by atoms with Crippen molar-refractivity contribution in [2.24, 2.45) is 4.99 Å². The molecule has 0 amide bonds. The van der Waals surface area contributed by atoms with Gasteiger partial charge in [0, 0.05) is 16.1 Å². The average molecular weight is 450 g/mol.